The van der Waals surface area contributed by atoms with Crippen molar-refractivity contribution in [2.75, 3.05) is 26.2 Å². The van der Waals surface area contributed by atoms with Crippen LogP contribution in [-0.2, 0) is 6.54 Å². The van der Waals surface area contributed by atoms with Gasteiger partial charge >= 0.3 is 0 Å². The molecular weight excluding hydrogens is 438 g/mol. The number of benzene rings is 2. The van der Waals surface area contributed by atoms with Gasteiger partial charge in [-0.05, 0) is 79.8 Å². The second-order valence-corrected chi connectivity index (χ2v) is 8.83. The van der Waals surface area contributed by atoms with Crippen LogP contribution in [0.2, 0.25) is 0 Å². The van der Waals surface area contributed by atoms with Crippen molar-refractivity contribution in [3.8, 4) is 0 Å². The van der Waals surface area contributed by atoms with E-state index in [1.54, 1.807) is 18.4 Å². The van der Waals surface area contributed by atoms with E-state index in [1.807, 2.05) is 67.3 Å². The van der Waals surface area contributed by atoms with Crippen LogP contribution in [-0.4, -0.2) is 47.8 Å². The van der Waals surface area contributed by atoms with Crippen LogP contribution >= 0.6 is 0 Å². The fraction of sp³-hybridized carbons (Fsp3) is 0.310. The maximum atomic E-state index is 12.8. The number of rotatable bonds is 8. The summed E-state index contributed by atoms with van der Waals surface area (Å²) in [6, 6.07) is 19.3. The number of primary amides is 1. The number of hydrogen-bond acceptors (Lipinski definition) is 4. The molecule has 0 atom stereocenters. The molecule has 0 aliphatic carbocycles. The molecular formula is C29H33N3O3. The Morgan fingerprint density at radius 1 is 0.857 bits per heavy atom. The number of hydrogen-bond donors (Lipinski definition) is 1. The van der Waals surface area contributed by atoms with E-state index >= 15 is 0 Å². The summed E-state index contributed by atoms with van der Waals surface area (Å²) in [4.78, 5) is 28.6. The highest BCUT2D eigenvalue weighted by atomic mass is 16.3. The molecule has 6 nitrogen and oxygen atoms in total. The monoisotopic (exact) mass is 471 g/mol. The highest BCUT2D eigenvalue weighted by Crippen LogP contribution is 2.33. The minimum absolute atomic E-state index is 0.0489. The molecule has 0 saturated carbocycles. The molecule has 1 fully saturated rings. The van der Waals surface area contributed by atoms with Gasteiger partial charge in [-0.1, -0.05) is 29.8 Å². The Balaban J connectivity index is 1.63. The van der Waals surface area contributed by atoms with Gasteiger partial charge in [-0.2, -0.15) is 0 Å². The molecule has 2 aromatic carbocycles. The van der Waals surface area contributed by atoms with Gasteiger partial charge in [0, 0.05) is 37.3 Å². The number of nitrogens with two attached hydrogens (primary N) is 1. The van der Waals surface area contributed by atoms with E-state index in [4.69, 9.17) is 10.2 Å². The number of furan rings is 1. The molecule has 0 bridgehead atoms. The molecule has 0 unspecified atom stereocenters. The minimum atomic E-state index is -0.434. The number of piperidine rings is 1. The zero-order valence-corrected chi connectivity index (χ0v) is 20.5. The molecule has 1 saturated heterocycles. The zero-order chi connectivity index (χ0) is 24.8. The molecule has 6 heteroatoms. The zero-order valence-electron chi connectivity index (χ0n) is 20.5. The molecule has 2 amide bonds. The van der Waals surface area contributed by atoms with Crippen molar-refractivity contribution >= 4 is 17.4 Å². The van der Waals surface area contributed by atoms with Crippen molar-refractivity contribution in [1.82, 2.24) is 9.80 Å². The van der Waals surface area contributed by atoms with Gasteiger partial charge in [0.05, 0.1) is 12.8 Å². The molecule has 4 rings (SSSR count). The Morgan fingerprint density at radius 2 is 1.40 bits per heavy atom. The molecule has 1 aliphatic rings. The van der Waals surface area contributed by atoms with Crippen molar-refractivity contribution in [3.05, 3.63) is 101 Å². The predicted molar refractivity (Wildman–Crippen MR) is 138 cm³/mol. The van der Waals surface area contributed by atoms with E-state index in [-0.39, 0.29) is 5.91 Å². The van der Waals surface area contributed by atoms with Crippen LogP contribution in [0.25, 0.3) is 5.57 Å². The van der Waals surface area contributed by atoms with Crippen LogP contribution in [0.5, 0.6) is 0 Å². The van der Waals surface area contributed by atoms with Gasteiger partial charge in [0.2, 0.25) is 5.91 Å². The van der Waals surface area contributed by atoms with Gasteiger partial charge < -0.3 is 15.1 Å². The summed E-state index contributed by atoms with van der Waals surface area (Å²) >= 11 is 0. The lowest BCUT2D eigenvalue weighted by Gasteiger charge is -2.29. The van der Waals surface area contributed by atoms with Crippen molar-refractivity contribution < 1.29 is 14.0 Å². The van der Waals surface area contributed by atoms with Crippen LogP contribution in [0.15, 0.2) is 76.9 Å². The second-order valence-electron chi connectivity index (χ2n) is 8.83. The summed E-state index contributed by atoms with van der Waals surface area (Å²) in [6.07, 6.45) is 3.59. The summed E-state index contributed by atoms with van der Waals surface area (Å²) in [5.74, 6) is 0.595. The van der Waals surface area contributed by atoms with Gasteiger partial charge in [0.15, 0.2) is 0 Å². The topological polar surface area (TPSA) is 79.8 Å². The Morgan fingerprint density at radius 3 is 1.89 bits per heavy atom. The third-order valence-corrected chi connectivity index (χ3v) is 6.70. The molecule has 0 radical (unpaired) electrons. The molecule has 2 N–H and O–H groups in total. The van der Waals surface area contributed by atoms with Gasteiger partial charge in [-0.3, -0.25) is 14.5 Å². The third-order valence-electron chi connectivity index (χ3n) is 6.70. The average molecular weight is 472 g/mol. The predicted octanol–water partition coefficient (Wildman–Crippen LogP) is 4.96. The highest BCUT2D eigenvalue weighted by molar-refractivity contribution is 5.95. The van der Waals surface area contributed by atoms with E-state index in [0.717, 1.165) is 49.4 Å². The van der Waals surface area contributed by atoms with E-state index in [2.05, 4.69) is 4.90 Å². The van der Waals surface area contributed by atoms with Gasteiger partial charge in [0.25, 0.3) is 5.91 Å². The molecule has 1 aliphatic heterocycles. The SMILES string of the molecule is CCN(CC)C(=O)c1ccc(C(=C2CCN(Cc3ccco3)CC2)c2ccc(C(N)=O)cc2)cc1. The molecule has 182 valence electrons. The van der Waals surface area contributed by atoms with E-state index in [9.17, 15) is 9.59 Å². The van der Waals surface area contributed by atoms with Gasteiger partial charge in [0.1, 0.15) is 5.76 Å². The van der Waals surface area contributed by atoms with Crippen LogP contribution in [0, 0.1) is 0 Å². The largest absolute Gasteiger partial charge is 0.468 e. The van der Waals surface area contributed by atoms with Crippen LogP contribution in [0.1, 0.15) is 64.3 Å². The van der Waals surface area contributed by atoms with Crippen LogP contribution in [0.4, 0.5) is 0 Å². The highest BCUT2D eigenvalue weighted by Gasteiger charge is 2.21. The minimum Gasteiger partial charge on any atom is -0.468 e. The van der Waals surface area contributed by atoms with Gasteiger partial charge in [-0.15, -0.1) is 0 Å². The number of likely N-dealkylation sites (tertiary alicyclic amines) is 1. The number of nitrogens with zero attached hydrogens (tertiary/aromatic N) is 2. The van der Waals surface area contributed by atoms with Crippen molar-refractivity contribution in [2.24, 2.45) is 5.73 Å². The number of carbonyl (C=O) groups is 2. The fourth-order valence-electron chi connectivity index (χ4n) is 4.70. The van der Waals surface area contributed by atoms with Gasteiger partial charge in [-0.25, -0.2) is 0 Å². The summed E-state index contributed by atoms with van der Waals surface area (Å²) in [7, 11) is 0. The molecule has 2 heterocycles. The second kappa shape index (κ2) is 11.2. The van der Waals surface area contributed by atoms with Crippen LogP contribution in [0.3, 0.4) is 0 Å². The maximum absolute atomic E-state index is 12.8. The first-order chi connectivity index (χ1) is 17.0. The molecule has 35 heavy (non-hydrogen) atoms. The Hall–Kier alpha value is -3.64. The Labute approximate surface area is 207 Å². The lowest BCUT2D eigenvalue weighted by atomic mass is 9.87. The standard InChI is InChI=1S/C29H33N3O3/c1-3-32(4-2)29(34)25-13-9-22(10-14-25)27(21-7-11-24(12-8-21)28(30)33)23-15-17-31(18-16-23)20-26-6-5-19-35-26/h5-14,19H,3-4,15-18,20H2,1-2H3,(H2,30,33). The Kier molecular flexibility index (Phi) is 7.83. The lowest BCUT2D eigenvalue weighted by molar-refractivity contribution is 0.0772. The molecule has 0 spiro atoms. The summed E-state index contributed by atoms with van der Waals surface area (Å²) in [5.41, 5.74) is 11.3. The summed E-state index contributed by atoms with van der Waals surface area (Å²) in [6.45, 7) is 8.05. The average Bonchev–Trinajstić information content (AvgIpc) is 3.40. The van der Waals surface area contributed by atoms with E-state index in [1.165, 1.54) is 11.1 Å². The Bertz CT molecular complexity index is 1160. The third kappa shape index (κ3) is 5.72. The van der Waals surface area contributed by atoms with E-state index in [0.29, 0.717) is 24.2 Å². The summed E-state index contributed by atoms with van der Waals surface area (Å²) in [5, 5.41) is 0. The quantitative estimate of drug-likeness (QED) is 0.504. The first kappa shape index (κ1) is 24.5. The lowest BCUT2D eigenvalue weighted by Crippen LogP contribution is -2.30. The molecule has 1 aromatic heterocycles. The summed E-state index contributed by atoms with van der Waals surface area (Å²) < 4.78 is 5.52. The molecule has 3 aromatic rings. The van der Waals surface area contributed by atoms with Crippen LogP contribution < -0.4 is 5.73 Å². The first-order valence-corrected chi connectivity index (χ1v) is 12.3. The van der Waals surface area contributed by atoms with E-state index < -0.39 is 5.91 Å². The normalized spacial score (nSPS) is 14.1. The maximum Gasteiger partial charge on any atom is 0.253 e. The van der Waals surface area contributed by atoms with Crippen molar-refractivity contribution in [3.63, 3.8) is 0 Å². The first-order valence-electron chi connectivity index (χ1n) is 12.3. The number of amides is 2. The van der Waals surface area contributed by atoms with Crippen molar-refractivity contribution in [1.29, 1.82) is 0 Å². The fourth-order valence-corrected chi connectivity index (χ4v) is 4.70. The van der Waals surface area contributed by atoms with Crippen molar-refractivity contribution in [2.45, 2.75) is 33.2 Å². The number of carbonyl (C=O) groups excluding carboxylic acids is 2. The smallest absolute Gasteiger partial charge is 0.253 e.